The van der Waals surface area contributed by atoms with Crippen molar-refractivity contribution in [3.63, 3.8) is 0 Å². The van der Waals surface area contributed by atoms with Crippen molar-refractivity contribution in [1.29, 1.82) is 0 Å². The fourth-order valence-electron chi connectivity index (χ4n) is 2.66. The smallest absolute Gasteiger partial charge is 0.329 e. The monoisotopic (exact) mass is 297 g/mol. The van der Waals surface area contributed by atoms with Crippen LogP contribution in [0.15, 0.2) is 6.20 Å². The number of hydrogen-bond donors (Lipinski definition) is 2. The number of aryl methyl sites for hydroxylation is 1. The quantitative estimate of drug-likeness (QED) is 0.890. The van der Waals surface area contributed by atoms with Gasteiger partial charge < -0.3 is 15.3 Å². The summed E-state index contributed by atoms with van der Waals surface area (Å²) in [4.78, 5) is 30.3. The lowest BCUT2D eigenvalue weighted by Gasteiger charge is -2.33. The van der Waals surface area contributed by atoms with Crippen LogP contribution in [0.4, 0.5) is 4.79 Å². The predicted molar refractivity (Wildman–Crippen MR) is 75.7 cm³/mol. The Kier molecular flexibility index (Phi) is 4.27. The van der Waals surface area contributed by atoms with Gasteiger partial charge in [0.1, 0.15) is 5.54 Å². The molecule has 1 aliphatic rings. The van der Waals surface area contributed by atoms with Gasteiger partial charge in [0.15, 0.2) is 0 Å². The molecule has 1 saturated heterocycles. The van der Waals surface area contributed by atoms with E-state index in [1.165, 1.54) is 16.2 Å². The number of rotatable bonds is 4. The highest BCUT2D eigenvalue weighted by Gasteiger charge is 2.48. The fraction of sp³-hybridized carbons (Fsp3) is 0.615. The summed E-state index contributed by atoms with van der Waals surface area (Å²) in [6.45, 7) is 4.60. The van der Waals surface area contributed by atoms with E-state index >= 15 is 0 Å². The van der Waals surface area contributed by atoms with Crippen molar-refractivity contribution in [3.8, 4) is 0 Å². The Balaban J connectivity index is 2.02. The Labute approximate surface area is 121 Å². The number of thiazole rings is 1. The van der Waals surface area contributed by atoms with E-state index in [1.807, 2.05) is 13.8 Å². The average molecular weight is 297 g/mol. The van der Waals surface area contributed by atoms with Crippen LogP contribution >= 0.6 is 11.3 Å². The Morgan fingerprint density at radius 1 is 1.60 bits per heavy atom. The van der Waals surface area contributed by atoms with Crippen molar-refractivity contribution in [2.45, 2.75) is 45.2 Å². The molecule has 110 valence electrons. The molecule has 1 unspecified atom stereocenters. The van der Waals surface area contributed by atoms with Crippen LogP contribution in [0.5, 0.6) is 0 Å². The molecule has 1 fully saturated rings. The summed E-state index contributed by atoms with van der Waals surface area (Å²) in [5.41, 5.74) is -1.05. The van der Waals surface area contributed by atoms with Crippen molar-refractivity contribution in [2.75, 3.05) is 6.54 Å². The Bertz CT molecular complexity index is 517. The van der Waals surface area contributed by atoms with E-state index in [1.54, 1.807) is 6.20 Å². The van der Waals surface area contributed by atoms with Gasteiger partial charge in [-0.1, -0.05) is 6.92 Å². The van der Waals surface area contributed by atoms with Crippen molar-refractivity contribution >= 4 is 23.3 Å². The van der Waals surface area contributed by atoms with Crippen LogP contribution in [0.25, 0.3) is 0 Å². The normalized spacial score (nSPS) is 22.0. The number of urea groups is 1. The lowest BCUT2D eigenvalue weighted by atomic mass is 9.93. The molecule has 7 heteroatoms. The highest BCUT2D eigenvalue weighted by Crippen LogP contribution is 2.32. The number of nitrogens with one attached hydrogen (secondary N) is 1. The molecule has 1 aromatic heterocycles. The SMILES string of the molecule is CCC1(C(=O)O)CCCN1C(=O)NCc1cnc(C)s1. The van der Waals surface area contributed by atoms with E-state index in [4.69, 9.17) is 0 Å². The summed E-state index contributed by atoms with van der Waals surface area (Å²) >= 11 is 1.52. The van der Waals surface area contributed by atoms with Gasteiger partial charge in [-0.25, -0.2) is 14.6 Å². The molecule has 0 bridgehead atoms. The second-order valence-electron chi connectivity index (χ2n) is 4.95. The Morgan fingerprint density at radius 3 is 2.90 bits per heavy atom. The maximum absolute atomic E-state index is 12.2. The molecule has 0 aliphatic carbocycles. The predicted octanol–water partition coefficient (Wildman–Crippen LogP) is 1.99. The zero-order chi connectivity index (χ0) is 14.8. The minimum atomic E-state index is -1.05. The van der Waals surface area contributed by atoms with Gasteiger partial charge in [0.2, 0.25) is 0 Å². The minimum absolute atomic E-state index is 0.308. The average Bonchev–Trinajstić information content (AvgIpc) is 3.02. The number of hydrogen-bond acceptors (Lipinski definition) is 4. The number of nitrogens with zero attached hydrogens (tertiary/aromatic N) is 2. The van der Waals surface area contributed by atoms with Gasteiger partial charge >= 0.3 is 12.0 Å². The molecule has 0 radical (unpaired) electrons. The van der Waals surface area contributed by atoms with Crippen LogP contribution in [0.2, 0.25) is 0 Å². The van der Waals surface area contributed by atoms with E-state index in [2.05, 4.69) is 10.3 Å². The van der Waals surface area contributed by atoms with Crippen LogP contribution in [0.3, 0.4) is 0 Å². The van der Waals surface area contributed by atoms with Gasteiger partial charge in [0.25, 0.3) is 0 Å². The number of carbonyl (C=O) groups excluding carboxylic acids is 1. The summed E-state index contributed by atoms with van der Waals surface area (Å²) in [6, 6.07) is -0.308. The van der Waals surface area contributed by atoms with E-state index in [9.17, 15) is 14.7 Å². The molecule has 1 atom stereocenters. The van der Waals surface area contributed by atoms with Crippen molar-refractivity contribution in [3.05, 3.63) is 16.1 Å². The zero-order valence-corrected chi connectivity index (χ0v) is 12.5. The highest BCUT2D eigenvalue weighted by molar-refractivity contribution is 7.11. The fourth-order valence-corrected chi connectivity index (χ4v) is 3.40. The third-order valence-electron chi connectivity index (χ3n) is 3.80. The van der Waals surface area contributed by atoms with Gasteiger partial charge in [0, 0.05) is 17.6 Å². The molecule has 0 saturated carbocycles. The molecule has 0 spiro atoms. The first-order valence-electron chi connectivity index (χ1n) is 6.70. The lowest BCUT2D eigenvalue weighted by Crippen LogP contribution is -2.55. The maximum atomic E-state index is 12.2. The summed E-state index contributed by atoms with van der Waals surface area (Å²) in [5, 5.41) is 13.2. The topological polar surface area (TPSA) is 82.5 Å². The van der Waals surface area contributed by atoms with Crippen LogP contribution < -0.4 is 5.32 Å². The molecule has 2 amide bonds. The van der Waals surface area contributed by atoms with Gasteiger partial charge in [-0.05, 0) is 26.2 Å². The van der Waals surface area contributed by atoms with E-state index in [-0.39, 0.29) is 6.03 Å². The molecule has 2 rings (SSSR count). The minimum Gasteiger partial charge on any atom is -0.479 e. The third-order valence-corrected chi connectivity index (χ3v) is 4.71. The molecule has 1 aromatic rings. The van der Waals surface area contributed by atoms with Gasteiger partial charge in [-0.3, -0.25) is 0 Å². The second kappa shape index (κ2) is 5.78. The molecular weight excluding hydrogens is 278 g/mol. The largest absolute Gasteiger partial charge is 0.479 e. The number of aromatic nitrogens is 1. The molecule has 6 nitrogen and oxygen atoms in total. The first kappa shape index (κ1) is 14.8. The molecule has 20 heavy (non-hydrogen) atoms. The zero-order valence-electron chi connectivity index (χ0n) is 11.7. The summed E-state index contributed by atoms with van der Waals surface area (Å²) in [6.07, 6.45) is 3.41. The summed E-state index contributed by atoms with van der Waals surface area (Å²) in [5.74, 6) is -0.915. The van der Waals surface area contributed by atoms with Gasteiger partial charge in [-0.15, -0.1) is 11.3 Å². The van der Waals surface area contributed by atoms with Crippen molar-refractivity contribution < 1.29 is 14.7 Å². The summed E-state index contributed by atoms with van der Waals surface area (Å²) in [7, 11) is 0. The Morgan fingerprint density at radius 2 is 2.35 bits per heavy atom. The molecular formula is C13H19N3O3S. The van der Waals surface area contributed by atoms with Crippen molar-refractivity contribution in [2.24, 2.45) is 0 Å². The van der Waals surface area contributed by atoms with Crippen LogP contribution in [0, 0.1) is 6.92 Å². The standard InChI is InChI=1S/C13H19N3O3S/c1-3-13(11(17)18)5-4-6-16(13)12(19)15-8-10-7-14-9(2)20-10/h7H,3-6,8H2,1-2H3,(H,15,19)(H,17,18). The number of aliphatic carboxylic acids is 1. The number of carboxylic acids is 1. The van der Waals surface area contributed by atoms with E-state index < -0.39 is 11.5 Å². The van der Waals surface area contributed by atoms with Crippen LogP contribution in [-0.4, -0.2) is 39.1 Å². The first-order valence-corrected chi connectivity index (χ1v) is 7.51. The number of amides is 2. The summed E-state index contributed by atoms with van der Waals surface area (Å²) < 4.78 is 0. The molecule has 0 aromatic carbocycles. The highest BCUT2D eigenvalue weighted by atomic mass is 32.1. The Hall–Kier alpha value is -1.63. The maximum Gasteiger partial charge on any atom is 0.329 e. The van der Waals surface area contributed by atoms with E-state index in [0.29, 0.717) is 25.9 Å². The van der Waals surface area contributed by atoms with Crippen molar-refractivity contribution in [1.82, 2.24) is 15.2 Å². The number of carbonyl (C=O) groups is 2. The second-order valence-corrected chi connectivity index (χ2v) is 6.27. The van der Waals surface area contributed by atoms with E-state index in [0.717, 1.165) is 16.3 Å². The number of likely N-dealkylation sites (tertiary alicyclic amines) is 1. The first-order chi connectivity index (χ1) is 9.49. The third kappa shape index (κ3) is 2.63. The molecule has 1 aliphatic heterocycles. The number of carboxylic acid groups (broad SMARTS) is 1. The molecule has 2 N–H and O–H groups in total. The lowest BCUT2D eigenvalue weighted by molar-refractivity contribution is -0.148. The van der Waals surface area contributed by atoms with Gasteiger partial charge in [-0.2, -0.15) is 0 Å². The molecule has 2 heterocycles. The van der Waals surface area contributed by atoms with Crippen LogP contribution in [-0.2, 0) is 11.3 Å². The van der Waals surface area contributed by atoms with Crippen LogP contribution in [0.1, 0.15) is 36.1 Å². The van der Waals surface area contributed by atoms with Gasteiger partial charge in [0.05, 0.1) is 11.6 Å².